The minimum Gasteiger partial charge on any atom is -0.470 e. The second-order valence-electron chi connectivity index (χ2n) is 7.64. The number of nitrogens with zero attached hydrogens (tertiary/aromatic N) is 3. The predicted molar refractivity (Wildman–Crippen MR) is 101 cm³/mol. The number of hydrogen-bond acceptors (Lipinski definition) is 9. The molecule has 1 saturated heterocycles. The van der Waals surface area contributed by atoms with Crippen LogP contribution in [-0.4, -0.2) is 66.3 Å². The fourth-order valence-corrected chi connectivity index (χ4v) is 2.76. The number of aromatic nitrogens is 2. The molecule has 9 heteroatoms. The summed E-state index contributed by atoms with van der Waals surface area (Å²) < 4.78 is 25.5. The van der Waals surface area contributed by atoms with Crippen LogP contribution < -0.4 is 15.0 Å². The van der Waals surface area contributed by atoms with Gasteiger partial charge in [-0.05, 0) is 20.8 Å². The molecule has 1 atom stereocenters. The molecule has 0 radical (unpaired) electrons. The van der Waals surface area contributed by atoms with Gasteiger partial charge in [0.2, 0.25) is 5.82 Å². The molecule has 2 rings (SSSR count). The Balaban J connectivity index is 1.97. The first kappa shape index (κ1) is 20.9. The Morgan fingerprint density at radius 1 is 1.31 bits per heavy atom. The minimum atomic E-state index is -0.558. The molecule has 0 bridgehead atoms. The summed E-state index contributed by atoms with van der Waals surface area (Å²) in [6.07, 6.45) is -0.400. The SMILES string of the molecule is CC(C)NC[C@H](COc1nsnc1N1CCOCC1)OC(=O)C(C)(C)C. The van der Waals surface area contributed by atoms with E-state index >= 15 is 0 Å². The summed E-state index contributed by atoms with van der Waals surface area (Å²) in [5.41, 5.74) is -0.558. The lowest BCUT2D eigenvalue weighted by atomic mass is 9.97. The van der Waals surface area contributed by atoms with E-state index in [4.69, 9.17) is 14.2 Å². The fraction of sp³-hybridized carbons (Fsp3) is 0.824. The highest BCUT2D eigenvalue weighted by Crippen LogP contribution is 2.26. The quantitative estimate of drug-likeness (QED) is 0.676. The topological polar surface area (TPSA) is 85.8 Å². The molecule has 2 heterocycles. The lowest BCUT2D eigenvalue weighted by molar-refractivity contribution is -0.160. The molecule has 1 N–H and O–H groups in total. The van der Waals surface area contributed by atoms with Crippen LogP contribution >= 0.6 is 11.7 Å². The number of carbonyl (C=O) groups excluding carboxylic acids is 1. The number of morpholine rings is 1. The van der Waals surface area contributed by atoms with E-state index in [2.05, 4.69) is 19.0 Å². The van der Waals surface area contributed by atoms with Crippen LogP contribution in [0.25, 0.3) is 0 Å². The summed E-state index contributed by atoms with van der Waals surface area (Å²) in [6.45, 7) is 13.2. The molecule has 1 aliphatic heterocycles. The van der Waals surface area contributed by atoms with E-state index in [1.165, 1.54) is 0 Å². The van der Waals surface area contributed by atoms with Gasteiger partial charge in [-0.25, -0.2) is 0 Å². The minimum absolute atomic E-state index is 0.226. The monoisotopic (exact) mass is 386 g/mol. The van der Waals surface area contributed by atoms with Gasteiger partial charge in [0.15, 0.2) is 0 Å². The van der Waals surface area contributed by atoms with Crippen LogP contribution in [0.2, 0.25) is 0 Å². The maximum absolute atomic E-state index is 12.2. The number of esters is 1. The number of nitrogens with one attached hydrogen (secondary N) is 1. The van der Waals surface area contributed by atoms with Crippen LogP contribution in [-0.2, 0) is 14.3 Å². The van der Waals surface area contributed by atoms with Crippen molar-refractivity contribution in [2.75, 3.05) is 44.4 Å². The molecule has 0 spiro atoms. The molecular formula is C17H30N4O4S. The van der Waals surface area contributed by atoms with Crippen LogP contribution in [0.4, 0.5) is 5.82 Å². The predicted octanol–water partition coefficient (Wildman–Crippen LogP) is 1.71. The molecule has 8 nitrogen and oxygen atoms in total. The first-order valence-corrected chi connectivity index (χ1v) is 9.73. The fourth-order valence-electron chi connectivity index (χ4n) is 2.24. The van der Waals surface area contributed by atoms with Gasteiger partial charge in [-0.15, -0.1) is 4.37 Å². The number of hydrogen-bond donors (Lipinski definition) is 1. The van der Waals surface area contributed by atoms with E-state index in [1.807, 2.05) is 34.6 Å². The highest BCUT2D eigenvalue weighted by molar-refractivity contribution is 6.99. The summed E-state index contributed by atoms with van der Waals surface area (Å²) in [6, 6.07) is 0.288. The average Bonchev–Trinajstić information content (AvgIpc) is 3.05. The van der Waals surface area contributed by atoms with Crippen molar-refractivity contribution in [3.8, 4) is 5.88 Å². The van der Waals surface area contributed by atoms with Crippen LogP contribution in [0.15, 0.2) is 0 Å². The van der Waals surface area contributed by atoms with Gasteiger partial charge in [-0.2, -0.15) is 4.37 Å². The zero-order chi connectivity index (χ0) is 19.2. The number of carbonyl (C=O) groups is 1. The normalized spacial score (nSPS) is 16.6. The van der Waals surface area contributed by atoms with Crippen LogP contribution in [0.5, 0.6) is 5.88 Å². The van der Waals surface area contributed by atoms with E-state index in [9.17, 15) is 4.79 Å². The van der Waals surface area contributed by atoms with Crippen LogP contribution in [0.3, 0.4) is 0 Å². The van der Waals surface area contributed by atoms with E-state index in [0.717, 1.165) is 30.6 Å². The Bertz CT molecular complexity index is 567. The molecular weight excluding hydrogens is 356 g/mol. The maximum atomic E-state index is 12.2. The zero-order valence-electron chi connectivity index (χ0n) is 16.3. The largest absolute Gasteiger partial charge is 0.470 e. The summed E-state index contributed by atoms with van der Waals surface area (Å²) in [4.78, 5) is 14.3. The van der Waals surface area contributed by atoms with Gasteiger partial charge in [-0.3, -0.25) is 4.79 Å². The summed E-state index contributed by atoms with van der Waals surface area (Å²) >= 11 is 1.12. The van der Waals surface area contributed by atoms with E-state index in [1.54, 1.807) is 0 Å². The standard InChI is InChI=1S/C17H30N4O4S/c1-12(2)18-10-13(25-16(22)17(3,4)5)11-24-15-14(19-26-20-15)21-6-8-23-9-7-21/h12-13,18H,6-11H2,1-5H3/t13-/m1/s1. The summed E-state index contributed by atoms with van der Waals surface area (Å²) in [5.74, 6) is 0.968. The van der Waals surface area contributed by atoms with Crippen LogP contribution in [0, 0.1) is 5.41 Å². The molecule has 1 fully saturated rings. The van der Waals surface area contributed by atoms with Gasteiger partial charge < -0.3 is 24.4 Å². The molecule has 26 heavy (non-hydrogen) atoms. The number of ether oxygens (including phenoxy) is 3. The second-order valence-corrected chi connectivity index (χ2v) is 8.17. The van der Waals surface area contributed by atoms with Gasteiger partial charge in [0.1, 0.15) is 12.7 Å². The van der Waals surface area contributed by atoms with Gasteiger partial charge in [0.05, 0.1) is 30.4 Å². The molecule has 148 valence electrons. The Morgan fingerprint density at radius 2 is 2.00 bits per heavy atom. The highest BCUT2D eigenvalue weighted by Gasteiger charge is 2.27. The van der Waals surface area contributed by atoms with E-state index in [0.29, 0.717) is 25.6 Å². The van der Waals surface area contributed by atoms with Gasteiger partial charge in [-0.1, -0.05) is 13.8 Å². The van der Waals surface area contributed by atoms with Crippen molar-refractivity contribution in [3.63, 3.8) is 0 Å². The van der Waals surface area contributed by atoms with Gasteiger partial charge >= 0.3 is 5.97 Å². The van der Waals surface area contributed by atoms with Gasteiger partial charge in [0.25, 0.3) is 5.88 Å². The molecule has 0 saturated carbocycles. The molecule has 0 unspecified atom stereocenters. The molecule has 0 aliphatic carbocycles. The van der Waals surface area contributed by atoms with Crippen molar-refractivity contribution < 1.29 is 19.0 Å². The average molecular weight is 387 g/mol. The Hall–Kier alpha value is -1.45. The van der Waals surface area contributed by atoms with Crippen molar-refractivity contribution in [3.05, 3.63) is 0 Å². The third-order valence-corrected chi connectivity index (χ3v) is 4.30. The van der Waals surface area contributed by atoms with E-state index in [-0.39, 0.29) is 18.6 Å². The van der Waals surface area contributed by atoms with E-state index < -0.39 is 11.5 Å². The number of rotatable bonds is 8. The Labute approximate surface area is 159 Å². The maximum Gasteiger partial charge on any atom is 0.311 e. The van der Waals surface area contributed by atoms with Crippen molar-refractivity contribution in [1.82, 2.24) is 14.1 Å². The van der Waals surface area contributed by atoms with Crippen molar-refractivity contribution >= 4 is 23.5 Å². The first-order chi connectivity index (χ1) is 12.3. The highest BCUT2D eigenvalue weighted by atomic mass is 32.1. The molecule has 1 aromatic heterocycles. The van der Waals surface area contributed by atoms with Crippen LogP contribution in [0.1, 0.15) is 34.6 Å². The first-order valence-electron chi connectivity index (χ1n) is 9.00. The number of anilines is 1. The molecule has 1 aliphatic rings. The van der Waals surface area contributed by atoms with Crippen molar-refractivity contribution in [2.45, 2.75) is 46.8 Å². The Kier molecular flexibility index (Phi) is 7.60. The van der Waals surface area contributed by atoms with Crippen molar-refractivity contribution in [2.24, 2.45) is 5.41 Å². The summed E-state index contributed by atoms with van der Waals surface area (Å²) in [5, 5.41) is 3.29. The summed E-state index contributed by atoms with van der Waals surface area (Å²) in [7, 11) is 0. The lowest BCUT2D eigenvalue weighted by Crippen LogP contribution is -2.41. The lowest BCUT2D eigenvalue weighted by Gasteiger charge is -2.27. The third kappa shape index (κ3) is 6.37. The molecule has 0 aromatic carbocycles. The van der Waals surface area contributed by atoms with Gasteiger partial charge in [0, 0.05) is 25.7 Å². The smallest absolute Gasteiger partial charge is 0.311 e. The molecule has 0 amide bonds. The second kappa shape index (κ2) is 9.48. The molecule has 1 aromatic rings. The zero-order valence-corrected chi connectivity index (χ0v) is 17.1. The Morgan fingerprint density at radius 3 is 2.62 bits per heavy atom. The third-order valence-electron chi connectivity index (χ3n) is 3.80. The van der Waals surface area contributed by atoms with Crippen molar-refractivity contribution in [1.29, 1.82) is 0 Å².